The second-order valence-electron chi connectivity index (χ2n) is 8.35. The van der Waals surface area contributed by atoms with E-state index >= 15 is 0 Å². The largest absolute Gasteiger partial charge is 0.491 e. The zero-order valence-electron chi connectivity index (χ0n) is 20.4. The molecule has 8 nitrogen and oxygen atoms in total. The first-order valence-corrected chi connectivity index (χ1v) is 13.4. The van der Waals surface area contributed by atoms with Crippen LogP contribution in [0.3, 0.4) is 0 Å². The second-order valence-corrected chi connectivity index (χ2v) is 9.98. The Kier molecular flexibility index (Phi) is 11.7. The number of ether oxygens (including phenoxy) is 2. The van der Waals surface area contributed by atoms with Crippen molar-refractivity contribution in [3.05, 3.63) is 81.0 Å². The number of aliphatic hydroxyl groups excluding tert-OH is 2. The molecule has 1 unspecified atom stereocenters. The Morgan fingerprint density at radius 2 is 1.64 bits per heavy atom. The van der Waals surface area contributed by atoms with Gasteiger partial charge in [-0.2, -0.15) is 0 Å². The Balaban J connectivity index is 1.70. The summed E-state index contributed by atoms with van der Waals surface area (Å²) in [6.07, 6.45) is 0.557. The van der Waals surface area contributed by atoms with Crippen LogP contribution in [0.5, 0.6) is 5.75 Å². The molecule has 3 atom stereocenters. The molecular weight excluding hydrogens is 592 g/mol. The second kappa shape index (κ2) is 14.7. The molecule has 2 aromatic heterocycles. The van der Waals surface area contributed by atoms with Crippen LogP contribution in [-0.2, 0) is 11.2 Å². The van der Waals surface area contributed by atoms with Gasteiger partial charge in [0, 0.05) is 31.9 Å². The summed E-state index contributed by atoms with van der Waals surface area (Å²) in [5.74, 6) is 1.12. The number of hydrogen-bond acceptors (Lipinski definition) is 8. The summed E-state index contributed by atoms with van der Waals surface area (Å²) in [6, 6.07) is 15.1. The van der Waals surface area contributed by atoms with E-state index < -0.39 is 12.2 Å². The van der Waals surface area contributed by atoms with Crippen molar-refractivity contribution in [1.82, 2.24) is 19.9 Å². The number of aromatic nitrogens is 3. The molecule has 0 aliphatic heterocycles. The molecule has 3 rings (SSSR count). The predicted molar refractivity (Wildman–Crippen MR) is 145 cm³/mol. The highest BCUT2D eigenvalue weighted by Gasteiger charge is 2.24. The van der Waals surface area contributed by atoms with Gasteiger partial charge in [-0.15, -0.1) is 0 Å². The zero-order chi connectivity index (χ0) is 25.9. The summed E-state index contributed by atoms with van der Waals surface area (Å²) in [4.78, 5) is 14.9. The number of aliphatic hydroxyl groups is 2. The average Bonchev–Trinajstić information content (AvgIpc) is 2.87. The van der Waals surface area contributed by atoms with Crippen LogP contribution in [0.25, 0.3) is 0 Å². The van der Waals surface area contributed by atoms with E-state index in [2.05, 4.69) is 53.7 Å². The lowest BCUT2D eigenvalue weighted by Crippen LogP contribution is -2.41. The van der Waals surface area contributed by atoms with Crippen molar-refractivity contribution in [2.45, 2.75) is 38.5 Å². The van der Waals surface area contributed by atoms with E-state index in [4.69, 9.17) is 9.47 Å². The van der Waals surface area contributed by atoms with Crippen molar-refractivity contribution in [2.24, 2.45) is 0 Å². The Morgan fingerprint density at radius 1 is 0.917 bits per heavy atom. The summed E-state index contributed by atoms with van der Waals surface area (Å²) in [7, 11) is 0. The van der Waals surface area contributed by atoms with Gasteiger partial charge in [0.25, 0.3) is 0 Å². The van der Waals surface area contributed by atoms with Crippen LogP contribution in [-0.4, -0.2) is 69.0 Å². The molecule has 194 valence electrons. The summed E-state index contributed by atoms with van der Waals surface area (Å²) in [6.45, 7) is 6.30. The van der Waals surface area contributed by atoms with E-state index in [0.29, 0.717) is 47.0 Å². The van der Waals surface area contributed by atoms with Crippen LogP contribution >= 0.6 is 31.9 Å². The van der Waals surface area contributed by atoms with Crippen molar-refractivity contribution in [3.63, 3.8) is 0 Å². The molecule has 1 aromatic carbocycles. The molecule has 0 amide bonds. The Bertz CT molecular complexity index is 1020. The molecule has 2 heterocycles. The SMILES string of the molecule is CCOCCOc1ccc(C[C@@H](C)N(CC(O)c2cccc(Br)n2)C[C@@H](O)c2nccc(Br)n2)cc1. The summed E-state index contributed by atoms with van der Waals surface area (Å²) in [5, 5.41) is 21.8. The molecule has 0 radical (unpaired) electrons. The third-order valence-corrected chi connectivity index (χ3v) is 6.49. The van der Waals surface area contributed by atoms with Crippen LogP contribution in [0.4, 0.5) is 0 Å². The van der Waals surface area contributed by atoms with Gasteiger partial charge in [0.1, 0.15) is 33.8 Å². The monoisotopic (exact) mass is 622 g/mol. The quantitative estimate of drug-likeness (QED) is 0.154. The van der Waals surface area contributed by atoms with Crippen molar-refractivity contribution < 1.29 is 19.7 Å². The van der Waals surface area contributed by atoms with Crippen LogP contribution in [0.2, 0.25) is 0 Å². The van der Waals surface area contributed by atoms with Gasteiger partial charge in [0.05, 0.1) is 12.3 Å². The van der Waals surface area contributed by atoms with Crippen LogP contribution in [0.15, 0.2) is 63.9 Å². The zero-order valence-corrected chi connectivity index (χ0v) is 23.6. The maximum absolute atomic E-state index is 10.9. The molecule has 0 aliphatic rings. The molecule has 0 aliphatic carbocycles. The number of pyridine rings is 1. The predicted octanol–water partition coefficient (Wildman–Crippen LogP) is 4.51. The topological polar surface area (TPSA) is 101 Å². The first kappa shape index (κ1) is 28.6. The first-order chi connectivity index (χ1) is 17.4. The number of benzene rings is 1. The molecule has 0 bridgehead atoms. The van der Waals surface area contributed by atoms with Gasteiger partial charge in [-0.1, -0.05) is 18.2 Å². The van der Waals surface area contributed by atoms with Crippen molar-refractivity contribution in [1.29, 1.82) is 0 Å². The van der Waals surface area contributed by atoms with Gasteiger partial charge in [0.2, 0.25) is 0 Å². The Morgan fingerprint density at radius 3 is 2.33 bits per heavy atom. The number of rotatable bonds is 14. The molecular formula is C26H32Br2N4O4. The normalized spacial score (nSPS) is 14.0. The number of hydrogen-bond donors (Lipinski definition) is 2. The minimum Gasteiger partial charge on any atom is -0.491 e. The van der Waals surface area contributed by atoms with E-state index in [9.17, 15) is 10.2 Å². The van der Waals surface area contributed by atoms with Gasteiger partial charge >= 0.3 is 0 Å². The van der Waals surface area contributed by atoms with Gasteiger partial charge < -0.3 is 19.7 Å². The first-order valence-electron chi connectivity index (χ1n) is 11.9. The lowest BCUT2D eigenvalue weighted by Gasteiger charge is -2.32. The van der Waals surface area contributed by atoms with Crippen molar-refractivity contribution in [2.75, 3.05) is 32.9 Å². The summed E-state index contributed by atoms with van der Waals surface area (Å²) < 4.78 is 12.3. The fourth-order valence-corrected chi connectivity index (χ4v) is 4.39. The minimum atomic E-state index is -0.922. The molecule has 0 saturated heterocycles. The van der Waals surface area contributed by atoms with E-state index in [1.807, 2.05) is 48.2 Å². The average molecular weight is 624 g/mol. The lowest BCUT2D eigenvalue weighted by atomic mass is 10.0. The number of halogens is 2. The van der Waals surface area contributed by atoms with E-state index in [-0.39, 0.29) is 19.1 Å². The van der Waals surface area contributed by atoms with Gasteiger partial charge in [-0.05, 0) is 88.0 Å². The standard InChI is InChI=1S/C26H32Br2N4O4/c1-3-35-13-14-36-20-9-7-19(8-10-20)15-18(2)32(16-22(33)21-5-4-6-24(27)30-21)17-23(34)26-29-12-11-25(28)31-26/h4-12,18,22-23,33-34H,3,13-17H2,1-2H3/t18-,22?,23-/m1/s1. The van der Waals surface area contributed by atoms with Crippen LogP contribution in [0.1, 0.15) is 43.1 Å². The number of nitrogens with zero attached hydrogens (tertiary/aromatic N) is 4. The van der Waals surface area contributed by atoms with Crippen LogP contribution in [0, 0.1) is 0 Å². The third-order valence-electron chi connectivity index (χ3n) is 5.61. The molecule has 0 spiro atoms. The van der Waals surface area contributed by atoms with Gasteiger partial charge in [-0.3, -0.25) is 4.90 Å². The van der Waals surface area contributed by atoms with Crippen molar-refractivity contribution in [3.8, 4) is 5.75 Å². The highest BCUT2D eigenvalue weighted by atomic mass is 79.9. The minimum absolute atomic E-state index is 0.00155. The maximum atomic E-state index is 10.9. The Labute approximate surface area is 229 Å². The molecule has 36 heavy (non-hydrogen) atoms. The molecule has 0 fully saturated rings. The summed E-state index contributed by atoms with van der Waals surface area (Å²) >= 11 is 6.69. The lowest BCUT2D eigenvalue weighted by molar-refractivity contribution is 0.0435. The van der Waals surface area contributed by atoms with E-state index in [0.717, 1.165) is 11.3 Å². The molecule has 10 heteroatoms. The van der Waals surface area contributed by atoms with Crippen molar-refractivity contribution >= 4 is 31.9 Å². The smallest absolute Gasteiger partial charge is 0.159 e. The van der Waals surface area contributed by atoms with E-state index in [1.54, 1.807) is 18.3 Å². The maximum Gasteiger partial charge on any atom is 0.159 e. The summed E-state index contributed by atoms with van der Waals surface area (Å²) in [5.41, 5.74) is 1.68. The van der Waals surface area contributed by atoms with Gasteiger partial charge in [0.15, 0.2) is 5.82 Å². The van der Waals surface area contributed by atoms with Crippen LogP contribution < -0.4 is 4.74 Å². The van der Waals surface area contributed by atoms with E-state index in [1.165, 1.54) is 0 Å². The van der Waals surface area contributed by atoms with Gasteiger partial charge in [-0.25, -0.2) is 15.0 Å². The fraction of sp³-hybridized carbons (Fsp3) is 0.423. The molecule has 0 saturated carbocycles. The highest BCUT2D eigenvalue weighted by molar-refractivity contribution is 9.10. The fourth-order valence-electron chi connectivity index (χ4n) is 3.73. The molecule has 2 N–H and O–H groups in total. The molecule has 3 aromatic rings. The highest BCUT2D eigenvalue weighted by Crippen LogP contribution is 2.22. The third kappa shape index (κ3) is 9.17. The Hall–Kier alpha value is -1.95.